The number of nitrogens with zero attached hydrogens (tertiary/aromatic N) is 2. The molecule has 0 aromatic heterocycles. The molecule has 1 rings (SSSR count). The summed E-state index contributed by atoms with van der Waals surface area (Å²) in [6.07, 6.45) is 2.18. The molecule has 94 valence electrons. The van der Waals surface area contributed by atoms with Crippen LogP contribution in [0.2, 0.25) is 0 Å². The predicted molar refractivity (Wildman–Crippen MR) is 61.3 cm³/mol. The molecule has 0 radical (unpaired) electrons. The van der Waals surface area contributed by atoms with Crippen LogP contribution in [0.1, 0.15) is 19.3 Å². The van der Waals surface area contributed by atoms with Crippen LogP contribution in [0.3, 0.4) is 0 Å². The van der Waals surface area contributed by atoms with Gasteiger partial charge in [0.1, 0.15) is 0 Å². The maximum absolute atomic E-state index is 11.6. The summed E-state index contributed by atoms with van der Waals surface area (Å²) in [5.41, 5.74) is 0. The molecular weight excluding hydrogens is 208 g/mol. The van der Waals surface area contributed by atoms with Crippen LogP contribution < -0.4 is 0 Å². The fraction of sp³-hybridized carbons (Fsp3) is 0.909. The molecule has 5 nitrogen and oxygen atoms in total. The molecule has 0 saturated carbocycles. The summed E-state index contributed by atoms with van der Waals surface area (Å²) in [5, 5.41) is 8.95. The zero-order chi connectivity index (χ0) is 12.0. The molecule has 1 aliphatic rings. The third kappa shape index (κ3) is 3.98. The second-order valence-corrected chi connectivity index (χ2v) is 4.42. The number of hydrogen-bond acceptors (Lipinski definition) is 4. The summed E-state index contributed by atoms with van der Waals surface area (Å²) in [7, 11) is 4.03. The molecule has 0 spiro atoms. The first-order valence-corrected chi connectivity index (χ1v) is 5.84. The molecule has 0 aliphatic carbocycles. The summed E-state index contributed by atoms with van der Waals surface area (Å²) in [4.78, 5) is 15.4. The van der Waals surface area contributed by atoms with Crippen LogP contribution in [-0.4, -0.2) is 67.4 Å². The van der Waals surface area contributed by atoms with Gasteiger partial charge in [0.15, 0.2) is 0 Å². The predicted octanol–water partition coefficient (Wildman–Crippen LogP) is 0.531. The number of carbonyl (C=O) groups is 1. The van der Waals surface area contributed by atoms with Crippen molar-refractivity contribution in [2.45, 2.75) is 25.3 Å². The molecule has 1 aliphatic heterocycles. The lowest BCUT2D eigenvalue weighted by atomic mass is 10.1. The Labute approximate surface area is 97.0 Å². The highest BCUT2D eigenvalue weighted by atomic mass is 16.6. The van der Waals surface area contributed by atoms with Crippen LogP contribution in [-0.2, 0) is 4.74 Å². The van der Waals surface area contributed by atoms with Crippen LogP contribution in [0, 0.1) is 0 Å². The van der Waals surface area contributed by atoms with Gasteiger partial charge in [-0.15, -0.1) is 0 Å². The minimum Gasteiger partial charge on any atom is -0.449 e. The van der Waals surface area contributed by atoms with Crippen molar-refractivity contribution in [2.24, 2.45) is 0 Å². The second kappa shape index (κ2) is 6.70. The quantitative estimate of drug-likeness (QED) is 0.723. The molecule has 5 heteroatoms. The van der Waals surface area contributed by atoms with Gasteiger partial charge >= 0.3 is 6.09 Å². The van der Waals surface area contributed by atoms with Gasteiger partial charge in [-0.3, -0.25) is 0 Å². The molecule has 1 fully saturated rings. The van der Waals surface area contributed by atoms with Gasteiger partial charge < -0.3 is 19.6 Å². The second-order valence-electron chi connectivity index (χ2n) is 4.42. The lowest BCUT2D eigenvalue weighted by Crippen LogP contribution is -2.46. The van der Waals surface area contributed by atoms with Crippen molar-refractivity contribution in [1.82, 2.24) is 9.80 Å². The molecule has 1 N–H and O–H groups in total. The SMILES string of the molecule is CN(C)CCCN1C(=O)OCCC1CCO. The van der Waals surface area contributed by atoms with Crippen molar-refractivity contribution in [3.8, 4) is 0 Å². The van der Waals surface area contributed by atoms with E-state index in [1.54, 1.807) is 4.90 Å². The Balaban J connectivity index is 2.40. The van der Waals surface area contributed by atoms with Crippen LogP contribution in [0.5, 0.6) is 0 Å². The van der Waals surface area contributed by atoms with Crippen LogP contribution >= 0.6 is 0 Å². The lowest BCUT2D eigenvalue weighted by molar-refractivity contribution is 0.0356. The fourth-order valence-electron chi connectivity index (χ4n) is 1.95. The zero-order valence-electron chi connectivity index (χ0n) is 10.2. The standard InChI is InChI=1S/C11H22N2O3/c1-12(2)6-3-7-13-10(4-8-14)5-9-16-11(13)15/h10,14H,3-9H2,1-2H3. The first-order chi connectivity index (χ1) is 7.65. The molecule has 1 atom stereocenters. The van der Waals surface area contributed by atoms with E-state index in [2.05, 4.69) is 4.90 Å². The Hall–Kier alpha value is -0.810. The Morgan fingerprint density at radius 2 is 2.31 bits per heavy atom. The summed E-state index contributed by atoms with van der Waals surface area (Å²) in [5.74, 6) is 0. The Kier molecular flexibility index (Phi) is 5.55. The van der Waals surface area contributed by atoms with Crippen molar-refractivity contribution in [2.75, 3.05) is 40.4 Å². The van der Waals surface area contributed by atoms with Crippen LogP contribution in [0.4, 0.5) is 4.79 Å². The summed E-state index contributed by atoms with van der Waals surface area (Å²) >= 11 is 0. The molecule has 1 heterocycles. The number of ether oxygens (including phenoxy) is 1. The first kappa shape index (κ1) is 13.3. The number of carbonyl (C=O) groups excluding carboxylic acids is 1. The first-order valence-electron chi connectivity index (χ1n) is 5.84. The van der Waals surface area contributed by atoms with E-state index in [1.807, 2.05) is 14.1 Å². The number of aliphatic hydroxyl groups is 1. The normalized spacial score (nSPS) is 21.4. The monoisotopic (exact) mass is 230 g/mol. The van der Waals surface area contributed by atoms with Gasteiger partial charge in [0.25, 0.3) is 0 Å². The zero-order valence-corrected chi connectivity index (χ0v) is 10.2. The largest absolute Gasteiger partial charge is 0.449 e. The van der Waals surface area contributed by atoms with E-state index in [0.717, 1.165) is 19.4 Å². The van der Waals surface area contributed by atoms with Crippen molar-refractivity contribution < 1.29 is 14.6 Å². The number of hydrogen-bond donors (Lipinski definition) is 1. The molecule has 1 unspecified atom stereocenters. The summed E-state index contributed by atoms with van der Waals surface area (Å²) in [6.45, 7) is 2.27. The smallest absolute Gasteiger partial charge is 0.410 e. The van der Waals surface area contributed by atoms with E-state index in [4.69, 9.17) is 9.84 Å². The lowest BCUT2D eigenvalue weighted by Gasteiger charge is -2.35. The third-order valence-corrected chi connectivity index (χ3v) is 2.82. The maximum Gasteiger partial charge on any atom is 0.410 e. The average molecular weight is 230 g/mol. The molecule has 1 amide bonds. The molecule has 0 aromatic carbocycles. The minimum absolute atomic E-state index is 0.127. The van der Waals surface area contributed by atoms with Gasteiger partial charge in [-0.25, -0.2) is 4.79 Å². The van der Waals surface area contributed by atoms with Crippen molar-refractivity contribution in [1.29, 1.82) is 0 Å². The molecule has 0 bridgehead atoms. The Bertz CT molecular complexity index is 219. The number of cyclic esters (lactones) is 1. The minimum atomic E-state index is -0.233. The molecule has 16 heavy (non-hydrogen) atoms. The maximum atomic E-state index is 11.6. The van der Waals surface area contributed by atoms with Gasteiger partial charge in [-0.05, 0) is 33.5 Å². The summed E-state index contributed by atoms with van der Waals surface area (Å²) < 4.78 is 5.02. The topological polar surface area (TPSA) is 53.0 Å². The molecule has 0 aromatic rings. The van der Waals surface area contributed by atoms with Gasteiger partial charge in [0.05, 0.1) is 6.61 Å². The van der Waals surface area contributed by atoms with Gasteiger partial charge in [-0.1, -0.05) is 0 Å². The molecule has 1 saturated heterocycles. The van der Waals surface area contributed by atoms with E-state index >= 15 is 0 Å². The van der Waals surface area contributed by atoms with Crippen molar-refractivity contribution >= 4 is 6.09 Å². The highest BCUT2D eigenvalue weighted by molar-refractivity contribution is 5.68. The van der Waals surface area contributed by atoms with E-state index in [-0.39, 0.29) is 18.7 Å². The average Bonchev–Trinajstić information content (AvgIpc) is 2.22. The van der Waals surface area contributed by atoms with E-state index in [0.29, 0.717) is 19.6 Å². The van der Waals surface area contributed by atoms with Crippen LogP contribution in [0.15, 0.2) is 0 Å². The molecular formula is C11H22N2O3. The number of aliphatic hydroxyl groups excluding tert-OH is 1. The van der Waals surface area contributed by atoms with Gasteiger partial charge in [0.2, 0.25) is 0 Å². The Morgan fingerprint density at radius 1 is 1.56 bits per heavy atom. The number of rotatable bonds is 6. The fourth-order valence-corrected chi connectivity index (χ4v) is 1.95. The van der Waals surface area contributed by atoms with Crippen LogP contribution in [0.25, 0.3) is 0 Å². The number of amides is 1. The van der Waals surface area contributed by atoms with E-state index in [1.165, 1.54) is 0 Å². The van der Waals surface area contributed by atoms with Gasteiger partial charge in [-0.2, -0.15) is 0 Å². The van der Waals surface area contributed by atoms with Crippen molar-refractivity contribution in [3.05, 3.63) is 0 Å². The third-order valence-electron chi connectivity index (χ3n) is 2.82. The Morgan fingerprint density at radius 3 is 2.94 bits per heavy atom. The van der Waals surface area contributed by atoms with Crippen molar-refractivity contribution in [3.63, 3.8) is 0 Å². The summed E-state index contributed by atoms with van der Waals surface area (Å²) in [6, 6.07) is 0.147. The van der Waals surface area contributed by atoms with Gasteiger partial charge in [0, 0.05) is 25.6 Å². The highest BCUT2D eigenvalue weighted by Gasteiger charge is 2.28. The van der Waals surface area contributed by atoms with E-state index in [9.17, 15) is 4.79 Å². The highest BCUT2D eigenvalue weighted by Crippen LogP contribution is 2.16. The van der Waals surface area contributed by atoms with E-state index < -0.39 is 0 Å².